The Kier molecular flexibility index (Phi) is 4.49. The van der Waals surface area contributed by atoms with Crippen LogP contribution in [0, 0.1) is 0 Å². The normalized spacial score (nSPS) is 11.4. The highest BCUT2D eigenvalue weighted by atomic mass is 79.9. The topological polar surface area (TPSA) is 37.8 Å². The minimum atomic E-state index is -4.39. The van der Waals surface area contributed by atoms with Gasteiger partial charge in [0.05, 0.1) is 10.0 Å². The van der Waals surface area contributed by atoms with Crippen LogP contribution in [-0.4, -0.2) is 9.97 Å². The first-order valence-corrected chi connectivity index (χ1v) is 6.61. The average Bonchev–Trinajstić information content (AvgIpc) is 2.40. The third kappa shape index (κ3) is 3.40. The van der Waals surface area contributed by atoms with E-state index in [9.17, 15) is 13.2 Å². The number of halogens is 5. The van der Waals surface area contributed by atoms with Crippen LogP contribution in [-0.2, 0) is 12.7 Å². The third-order valence-electron chi connectivity index (χ3n) is 2.52. The van der Waals surface area contributed by atoms with Gasteiger partial charge in [-0.3, -0.25) is 0 Å². The van der Waals surface area contributed by atoms with E-state index in [2.05, 4.69) is 31.2 Å². The van der Waals surface area contributed by atoms with Crippen LogP contribution in [0.1, 0.15) is 11.1 Å². The van der Waals surface area contributed by atoms with Gasteiger partial charge in [0.15, 0.2) is 0 Å². The molecule has 0 fully saturated rings. The van der Waals surface area contributed by atoms with Crippen molar-refractivity contribution in [2.45, 2.75) is 12.7 Å². The van der Waals surface area contributed by atoms with Gasteiger partial charge < -0.3 is 5.32 Å². The summed E-state index contributed by atoms with van der Waals surface area (Å²) in [5.74, 6) is 0.335. The lowest BCUT2D eigenvalue weighted by molar-refractivity contribution is -0.138. The van der Waals surface area contributed by atoms with Crippen molar-refractivity contribution >= 4 is 33.3 Å². The Balaban J connectivity index is 2.22. The Morgan fingerprint density at radius 3 is 2.60 bits per heavy atom. The van der Waals surface area contributed by atoms with E-state index in [1.807, 2.05) is 0 Å². The molecule has 2 aromatic rings. The van der Waals surface area contributed by atoms with E-state index in [1.54, 1.807) is 6.07 Å². The standard InChI is InChI=1S/C12H8BrClF3N3/c13-9-10(14)19-6-20-11(9)18-5-7-3-1-2-4-8(7)12(15,16)17/h1-4,6H,5H2,(H,18,19,20). The maximum absolute atomic E-state index is 12.8. The molecule has 1 aromatic heterocycles. The van der Waals surface area contributed by atoms with Crippen molar-refractivity contribution in [3.05, 3.63) is 51.3 Å². The maximum atomic E-state index is 12.8. The molecule has 0 aliphatic rings. The van der Waals surface area contributed by atoms with Crippen molar-refractivity contribution in [1.29, 1.82) is 0 Å². The molecule has 0 unspecified atom stereocenters. The van der Waals surface area contributed by atoms with Gasteiger partial charge in [-0.15, -0.1) is 0 Å². The highest BCUT2D eigenvalue weighted by molar-refractivity contribution is 9.10. The SMILES string of the molecule is FC(F)(F)c1ccccc1CNc1ncnc(Cl)c1Br. The van der Waals surface area contributed by atoms with Crippen LogP contribution >= 0.6 is 27.5 Å². The summed E-state index contributed by atoms with van der Waals surface area (Å²) in [5, 5.41) is 2.99. The van der Waals surface area contributed by atoms with Crippen LogP contribution in [0.15, 0.2) is 35.1 Å². The smallest absolute Gasteiger partial charge is 0.365 e. The first kappa shape index (κ1) is 15.1. The minimum absolute atomic E-state index is 0.0262. The number of aromatic nitrogens is 2. The second-order valence-electron chi connectivity index (χ2n) is 3.84. The predicted octanol–water partition coefficient (Wildman–Crippen LogP) is 4.52. The van der Waals surface area contributed by atoms with Gasteiger partial charge in [0.25, 0.3) is 0 Å². The van der Waals surface area contributed by atoms with Crippen LogP contribution in [0.2, 0.25) is 5.15 Å². The predicted molar refractivity (Wildman–Crippen MR) is 73.5 cm³/mol. The molecule has 1 heterocycles. The maximum Gasteiger partial charge on any atom is 0.416 e. The minimum Gasteiger partial charge on any atom is -0.365 e. The van der Waals surface area contributed by atoms with Crippen LogP contribution in [0.4, 0.5) is 19.0 Å². The number of hydrogen-bond acceptors (Lipinski definition) is 3. The monoisotopic (exact) mass is 365 g/mol. The Hall–Kier alpha value is -1.34. The molecule has 106 valence electrons. The molecule has 0 saturated heterocycles. The Morgan fingerprint density at radius 2 is 1.90 bits per heavy atom. The lowest BCUT2D eigenvalue weighted by Gasteiger charge is -2.14. The molecule has 3 nitrogen and oxygen atoms in total. The van der Waals surface area contributed by atoms with Gasteiger partial charge in [-0.05, 0) is 27.6 Å². The van der Waals surface area contributed by atoms with Crippen LogP contribution in [0.3, 0.4) is 0 Å². The van der Waals surface area contributed by atoms with E-state index in [-0.39, 0.29) is 17.3 Å². The summed E-state index contributed by atoms with van der Waals surface area (Å²) < 4.78 is 38.9. The van der Waals surface area contributed by atoms with E-state index in [0.29, 0.717) is 10.3 Å². The molecule has 1 aromatic carbocycles. The number of anilines is 1. The molecule has 0 bridgehead atoms. The van der Waals surface area contributed by atoms with Crippen LogP contribution in [0.5, 0.6) is 0 Å². The molecule has 0 atom stereocenters. The van der Waals surface area contributed by atoms with Crippen LogP contribution < -0.4 is 5.32 Å². The molecule has 0 saturated carbocycles. The fourth-order valence-electron chi connectivity index (χ4n) is 1.60. The first-order chi connectivity index (χ1) is 9.39. The second-order valence-corrected chi connectivity index (χ2v) is 4.99. The van der Waals surface area contributed by atoms with Crippen molar-refractivity contribution in [3.8, 4) is 0 Å². The summed E-state index contributed by atoms with van der Waals surface area (Å²) in [6, 6.07) is 5.35. The van der Waals surface area contributed by atoms with Crippen molar-refractivity contribution in [3.63, 3.8) is 0 Å². The van der Waals surface area contributed by atoms with Crippen molar-refractivity contribution in [2.75, 3.05) is 5.32 Å². The summed E-state index contributed by atoms with van der Waals surface area (Å²) in [5.41, 5.74) is -0.551. The molecule has 0 amide bonds. The zero-order chi connectivity index (χ0) is 14.8. The molecule has 0 radical (unpaired) electrons. The van der Waals surface area contributed by atoms with E-state index in [0.717, 1.165) is 6.07 Å². The zero-order valence-corrected chi connectivity index (χ0v) is 12.2. The Bertz CT molecular complexity index is 619. The van der Waals surface area contributed by atoms with Gasteiger partial charge in [-0.2, -0.15) is 13.2 Å². The Labute approximate surface area is 126 Å². The van der Waals surface area contributed by atoms with Gasteiger partial charge >= 0.3 is 6.18 Å². The van der Waals surface area contributed by atoms with Gasteiger partial charge in [0.1, 0.15) is 17.3 Å². The van der Waals surface area contributed by atoms with Crippen LogP contribution in [0.25, 0.3) is 0 Å². The number of benzene rings is 1. The van der Waals surface area contributed by atoms with E-state index >= 15 is 0 Å². The summed E-state index contributed by atoms with van der Waals surface area (Å²) >= 11 is 8.95. The number of nitrogens with zero attached hydrogens (tertiary/aromatic N) is 2. The van der Waals surface area contributed by atoms with Gasteiger partial charge in [0.2, 0.25) is 0 Å². The second kappa shape index (κ2) is 5.97. The lowest BCUT2D eigenvalue weighted by atomic mass is 10.1. The molecule has 20 heavy (non-hydrogen) atoms. The average molecular weight is 367 g/mol. The van der Waals surface area contributed by atoms with Gasteiger partial charge in [-0.25, -0.2) is 9.97 Å². The first-order valence-electron chi connectivity index (χ1n) is 5.44. The molecular formula is C12H8BrClF3N3. The summed E-state index contributed by atoms with van der Waals surface area (Å²) in [6.45, 7) is -0.0262. The number of hydrogen-bond donors (Lipinski definition) is 1. The molecule has 1 N–H and O–H groups in total. The van der Waals surface area contributed by atoms with E-state index < -0.39 is 11.7 Å². The summed E-state index contributed by atoms with van der Waals surface area (Å²) in [6.07, 6.45) is -3.16. The number of nitrogens with one attached hydrogen (secondary N) is 1. The zero-order valence-electron chi connectivity index (χ0n) is 9.88. The molecule has 0 spiro atoms. The summed E-state index contributed by atoms with van der Waals surface area (Å²) in [7, 11) is 0. The highest BCUT2D eigenvalue weighted by Crippen LogP contribution is 2.32. The Morgan fingerprint density at radius 1 is 1.20 bits per heavy atom. The molecule has 0 aliphatic carbocycles. The van der Waals surface area contributed by atoms with Crippen molar-refractivity contribution in [1.82, 2.24) is 9.97 Å². The van der Waals surface area contributed by atoms with E-state index in [1.165, 1.54) is 18.5 Å². The van der Waals surface area contributed by atoms with Gasteiger partial charge in [-0.1, -0.05) is 29.8 Å². The third-order valence-corrected chi connectivity index (χ3v) is 3.78. The lowest BCUT2D eigenvalue weighted by Crippen LogP contribution is -2.12. The number of rotatable bonds is 3. The quantitative estimate of drug-likeness (QED) is 0.812. The van der Waals surface area contributed by atoms with E-state index in [4.69, 9.17) is 11.6 Å². The molecule has 0 aliphatic heterocycles. The summed E-state index contributed by atoms with van der Waals surface area (Å²) in [4.78, 5) is 7.65. The largest absolute Gasteiger partial charge is 0.416 e. The highest BCUT2D eigenvalue weighted by Gasteiger charge is 2.32. The molecule has 8 heteroatoms. The molecular weight excluding hydrogens is 359 g/mol. The molecule has 2 rings (SSSR count). The fraction of sp³-hybridized carbons (Fsp3) is 0.167. The van der Waals surface area contributed by atoms with Crippen molar-refractivity contribution in [2.24, 2.45) is 0 Å². The fourth-order valence-corrected chi connectivity index (χ4v) is 2.08. The van der Waals surface area contributed by atoms with Gasteiger partial charge in [0, 0.05) is 6.54 Å². The van der Waals surface area contributed by atoms with Crippen molar-refractivity contribution < 1.29 is 13.2 Å². The number of alkyl halides is 3.